The number of carbonyl (C=O) groups excluding carboxylic acids is 3. The second kappa shape index (κ2) is 7.25. The third kappa shape index (κ3) is 4.69. The van der Waals surface area contributed by atoms with Gasteiger partial charge in [-0.15, -0.1) is 0 Å². The molecule has 0 bridgehead atoms. The maximum absolute atomic E-state index is 11.6. The number of primary amides is 2. The highest BCUT2D eigenvalue weighted by atomic mass is 16.5. The van der Waals surface area contributed by atoms with Gasteiger partial charge in [0.1, 0.15) is 0 Å². The predicted molar refractivity (Wildman–Crippen MR) is 71.4 cm³/mol. The second-order valence-electron chi connectivity index (χ2n) is 4.23. The summed E-state index contributed by atoms with van der Waals surface area (Å²) in [4.78, 5) is 35.1. The maximum Gasteiger partial charge on any atom is 0.338 e. The van der Waals surface area contributed by atoms with Crippen molar-refractivity contribution in [2.45, 2.75) is 6.54 Å². The van der Waals surface area contributed by atoms with Gasteiger partial charge in [0, 0.05) is 6.54 Å². The number of methoxy groups -OCH3 is 1. The first-order valence-corrected chi connectivity index (χ1v) is 5.89. The van der Waals surface area contributed by atoms with Crippen molar-refractivity contribution in [2.24, 2.45) is 11.5 Å². The summed E-state index contributed by atoms with van der Waals surface area (Å²) in [7, 11) is 1.28. The van der Waals surface area contributed by atoms with Gasteiger partial charge in [0.15, 0.2) is 0 Å². The van der Waals surface area contributed by atoms with Crippen LogP contribution >= 0.6 is 0 Å². The van der Waals surface area contributed by atoms with E-state index in [4.69, 9.17) is 11.5 Å². The largest absolute Gasteiger partial charge is 0.465 e. The lowest BCUT2D eigenvalue weighted by molar-refractivity contribution is -0.122. The molecular weight excluding hydrogens is 262 g/mol. The van der Waals surface area contributed by atoms with Crippen molar-refractivity contribution in [3.63, 3.8) is 0 Å². The molecule has 1 rings (SSSR count). The molecule has 0 saturated heterocycles. The molecule has 0 aromatic heterocycles. The SMILES string of the molecule is COC(=O)c1ccccc1CN(CC(N)=O)CC(N)=O. The molecule has 0 spiro atoms. The van der Waals surface area contributed by atoms with Crippen LogP contribution in [0.15, 0.2) is 24.3 Å². The van der Waals surface area contributed by atoms with Gasteiger partial charge in [0.05, 0.1) is 25.8 Å². The topological polar surface area (TPSA) is 116 Å². The molecule has 108 valence electrons. The lowest BCUT2D eigenvalue weighted by Crippen LogP contribution is -2.39. The normalized spacial score (nSPS) is 10.3. The fraction of sp³-hybridized carbons (Fsp3) is 0.308. The first-order valence-electron chi connectivity index (χ1n) is 5.89. The molecule has 4 N–H and O–H groups in total. The predicted octanol–water partition coefficient (Wildman–Crippen LogP) is -0.754. The number of carbonyl (C=O) groups is 3. The van der Waals surface area contributed by atoms with E-state index in [9.17, 15) is 14.4 Å². The van der Waals surface area contributed by atoms with Crippen molar-refractivity contribution < 1.29 is 19.1 Å². The number of hydrogen-bond donors (Lipinski definition) is 2. The third-order valence-corrected chi connectivity index (χ3v) is 2.58. The van der Waals surface area contributed by atoms with Crippen LogP contribution in [0.4, 0.5) is 0 Å². The maximum atomic E-state index is 11.6. The summed E-state index contributed by atoms with van der Waals surface area (Å²) in [5.74, 6) is -1.65. The second-order valence-corrected chi connectivity index (χ2v) is 4.23. The Bertz CT molecular complexity index is 500. The minimum atomic E-state index is -0.582. The Hall–Kier alpha value is -2.41. The van der Waals surface area contributed by atoms with E-state index in [1.165, 1.54) is 12.0 Å². The molecule has 0 fully saturated rings. The van der Waals surface area contributed by atoms with E-state index >= 15 is 0 Å². The quantitative estimate of drug-likeness (QED) is 0.637. The highest BCUT2D eigenvalue weighted by molar-refractivity contribution is 5.91. The number of benzene rings is 1. The zero-order valence-corrected chi connectivity index (χ0v) is 11.2. The average molecular weight is 279 g/mol. The summed E-state index contributed by atoms with van der Waals surface area (Å²) in [6, 6.07) is 6.76. The molecule has 7 heteroatoms. The van der Waals surface area contributed by atoms with Crippen LogP contribution in [-0.2, 0) is 20.9 Å². The first-order chi connectivity index (χ1) is 9.43. The van der Waals surface area contributed by atoms with E-state index in [0.29, 0.717) is 11.1 Å². The molecule has 0 heterocycles. The summed E-state index contributed by atoms with van der Waals surface area (Å²) >= 11 is 0. The zero-order chi connectivity index (χ0) is 15.1. The standard InChI is InChI=1S/C13H17N3O4/c1-20-13(19)10-5-3-2-4-9(10)6-16(7-11(14)17)8-12(15)18/h2-5H,6-8H2,1H3,(H2,14,17)(H2,15,18). The monoisotopic (exact) mass is 279 g/mol. The number of ether oxygens (including phenoxy) is 1. The van der Waals surface area contributed by atoms with E-state index in [-0.39, 0.29) is 19.6 Å². The van der Waals surface area contributed by atoms with Crippen molar-refractivity contribution in [3.8, 4) is 0 Å². The Morgan fingerprint density at radius 3 is 2.15 bits per heavy atom. The van der Waals surface area contributed by atoms with Crippen molar-refractivity contribution in [1.29, 1.82) is 0 Å². The molecule has 0 atom stereocenters. The van der Waals surface area contributed by atoms with E-state index in [1.807, 2.05) is 0 Å². The highest BCUT2D eigenvalue weighted by Crippen LogP contribution is 2.12. The minimum Gasteiger partial charge on any atom is -0.465 e. The number of nitrogens with two attached hydrogens (primary N) is 2. The van der Waals surface area contributed by atoms with Crippen LogP contribution < -0.4 is 11.5 Å². The molecule has 0 saturated carbocycles. The number of hydrogen-bond acceptors (Lipinski definition) is 5. The number of rotatable bonds is 7. The molecule has 1 aromatic carbocycles. The summed E-state index contributed by atoms with van der Waals surface area (Å²) in [5.41, 5.74) is 11.2. The number of esters is 1. The molecule has 7 nitrogen and oxygen atoms in total. The van der Waals surface area contributed by atoms with Crippen LogP contribution in [0.2, 0.25) is 0 Å². The van der Waals surface area contributed by atoms with Gasteiger partial charge < -0.3 is 16.2 Å². The van der Waals surface area contributed by atoms with Gasteiger partial charge in [0.25, 0.3) is 0 Å². The summed E-state index contributed by atoms with van der Waals surface area (Å²) in [6.07, 6.45) is 0. The Morgan fingerprint density at radius 2 is 1.65 bits per heavy atom. The Morgan fingerprint density at radius 1 is 1.10 bits per heavy atom. The molecule has 0 radical (unpaired) electrons. The molecule has 0 aliphatic carbocycles. The molecule has 0 aliphatic rings. The summed E-state index contributed by atoms with van der Waals surface area (Å²) in [5, 5.41) is 0. The van der Waals surface area contributed by atoms with Crippen LogP contribution in [-0.4, -0.2) is 42.9 Å². The Kier molecular flexibility index (Phi) is 5.67. The van der Waals surface area contributed by atoms with Crippen molar-refractivity contribution in [3.05, 3.63) is 35.4 Å². The van der Waals surface area contributed by atoms with Crippen molar-refractivity contribution >= 4 is 17.8 Å². The summed E-state index contributed by atoms with van der Waals surface area (Å²) < 4.78 is 4.68. The van der Waals surface area contributed by atoms with Crippen molar-refractivity contribution in [2.75, 3.05) is 20.2 Å². The summed E-state index contributed by atoms with van der Waals surface area (Å²) in [6.45, 7) is -0.0615. The average Bonchev–Trinajstić information content (AvgIpc) is 2.37. The number of amides is 2. The lowest BCUT2D eigenvalue weighted by atomic mass is 10.1. The van der Waals surface area contributed by atoms with Crippen LogP contribution in [0.5, 0.6) is 0 Å². The third-order valence-electron chi connectivity index (χ3n) is 2.58. The fourth-order valence-corrected chi connectivity index (χ4v) is 1.82. The molecule has 20 heavy (non-hydrogen) atoms. The van der Waals surface area contributed by atoms with Crippen LogP contribution in [0.3, 0.4) is 0 Å². The first kappa shape index (κ1) is 15.6. The van der Waals surface area contributed by atoms with Crippen LogP contribution in [0, 0.1) is 0 Å². The Labute approximate surface area is 116 Å². The van der Waals surface area contributed by atoms with Gasteiger partial charge in [0.2, 0.25) is 11.8 Å². The smallest absolute Gasteiger partial charge is 0.338 e. The van der Waals surface area contributed by atoms with Gasteiger partial charge in [-0.2, -0.15) is 0 Å². The molecule has 0 aliphatic heterocycles. The number of nitrogens with zero attached hydrogens (tertiary/aromatic N) is 1. The van der Waals surface area contributed by atoms with E-state index in [2.05, 4.69) is 4.74 Å². The van der Waals surface area contributed by atoms with Gasteiger partial charge in [-0.1, -0.05) is 18.2 Å². The van der Waals surface area contributed by atoms with Crippen LogP contribution in [0.25, 0.3) is 0 Å². The molecule has 0 unspecified atom stereocenters. The van der Waals surface area contributed by atoms with Gasteiger partial charge in [-0.3, -0.25) is 14.5 Å². The zero-order valence-electron chi connectivity index (χ0n) is 11.2. The van der Waals surface area contributed by atoms with Gasteiger partial charge >= 0.3 is 5.97 Å². The Balaban J connectivity index is 2.95. The molecule has 2 amide bonds. The van der Waals surface area contributed by atoms with Gasteiger partial charge in [-0.25, -0.2) is 4.79 Å². The fourth-order valence-electron chi connectivity index (χ4n) is 1.82. The van der Waals surface area contributed by atoms with E-state index in [1.54, 1.807) is 24.3 Å². The van der Waals surface area contributed by atoms with Gasteiger partial charge in [-0.05, 0) is 11.6 Å². The lowest BCUT2D eigenvalue weighted by Gasteiger charge is -2.20. The minimum absolute atomic E-state index is 0.127. The molecular formula is C13H17N3O4. The van der Waals surface area contributed by atoms with Crippen molar-refractivity contribution in [1.82, 2.24) is 4.90 Å². The van der Waals surface area contributed by atoms with Crippen LogP contribution in [0.1, 0.15) is 15.9 Å². The van der Waals surface area contributed by atoms with E-state index in [0.717, 1.165) is 0 Å². The highest BCUT2D eigenvalue weighted by Gasteiger charge is 2.16. The molecule has 1 aromatic rings. The van der Waals surface area contributed by atoms with E-state index < -0.39 is 17.8 Å².